The molecule has 0 aliphatic rings. The monoisotopic (exact) mass is 317 g/mol. The maximum Gasteiger partial charge on any atom is 0.331 e. The van der Waals surface area contributed by atoms with Crippen LogP contribution in [0.15, 0.2) is 28.3 Å². The summed E-state index contributed by atoms with van der Waals surface area (Å²) in [5.41, 5.74) is 2.14. The van der Waals surface area contributed by atoms with Gasteiger partial charge in [-0.2, -0.15) is 0 Å². The van der Waals surface area contributed by atoms with Gasteiger partial charge in [-0.05, 0) is 47.5 Å². The van der Waals surface area contributed by atoms with E-state index in [-0.39, 0.29) is 0 Å². The van der Waals surface area contributed by atoms with E-state index in [0.29, 0.717) is 17.1 Å². The molecule has 0 spiro atoms. The lowest BCUT2D eigenvalue weighted by molar-refractivity contribution is -0.132. The summed E-state index contributed by atoms with van der Waals surface area (Å²) in [6.45, 7) is 3.92. The molecule has 0 radical (unpaired) electrons. The summed E-state index contributed by atoms with van der Waals surface area (Å²) in [6.07, 6.45) is 1.61. The predicted molar refractivity (Wildman–Crippen MR) is 73.8 cm³/mol. The molecule has 0 atom stereocenters. The molecule has 0 bridgehead atoms. The number of halogens is 2. The summed E-state index contributed by atoms with van der Waals surface area (Å²) in [5.74, 6) is -0.909. The van der Waals surface area contributed by atoms with Crippen molar-refractivity contribution in [3.05, 3.63) is 38.8 Å². The molecule has 1 rings (SSSR count). The SMILES string of the molecule is C/C(=C/CNc1cc(Cl)c(C)cc1Br)C(=O)O. The van der Waals surface area contributed by atoms with Crippen LogP contribution in [0.25, 0.3) is 0 Å². The highest BCUT2D eigenvalue weighted by Crippen LogP contribution is 2.28. The topological polar surface area (TPSA) is 49.3 Å². The molecule has 0 heterocycles. The maximum atomic E-state index is 10.6. The number of nitrogens with one attached hydrogen (secondary N) is 1. The summed E-state index contributed by atoms with van der Waals surface area (Å²) in [6, 6.07) is 3.73. The smallest absolute Gasteiger partial charge is 0.331 e. The minimum atomic E-state index is -0.909. The van der Waals surface area contributed by atoms with Crippen molar-refractivity contribution in [3.63, 3.8) is 0 Å². The summed E-state index contributed by atoms with van der Waals surface area (Å²) in [7, 11) is 0. The Balaban J connectivity index is 2.74. The molecular formula is C12H13BrClNO2. The summed E-state index contributed by atoms with van der Waals surface area (Å²) < 4.78 is 0.903. The Morgan fingerprint density at radius 3 is 2.82 bits per heavy atom. The number of hydrogen-bond donors (Lipinski definition) is 2. The van der Waals surface area contributed by atoms with Crippen molar-refractivity contribution in [2.75, 3.05) is 11.9 Å². The first kappa shape index (κ1) is 14.1. The zero-order valence-corrected chi connectivity index (χ0v) is 11.9. The first-order valence-corrected chi connectivity index (χ1v) is 6.18. The minimum Gasteiger partial charge on any atom is -0.478 e. The van der Waals surface area contributed by atoms with Crippen LogP contribution < -0.4 is 5.32 Å². The highest BCUT2D eigenvalue weighted by Gasteiger charge is 2.03. The first-order valence-electron chi connectivity index (χ1n) is 5.01. The molecule has 0 aromatic heterocycles. The van der Waals surface area contributed by atoms with Crippen LogP contribution in [0, 0.1) is 6.92 Å². The molecule has 0 aliphatic heterocycles. The van der Waals surface area contributed by atoms with Gasteiger partial charge in [0.15, 0.2) is 0 Å². The number of rotatable bonds is 4. The highest BCUT2D eigenvalue weighted by molar-refractivity contribution is 9.10. The van der Waals surface area contributed by atoms with Crippen molar-refractivity contribution in [2.24, 2.45) is 0 Å². The second-order valence-corrected chi connectivity index (χ2v) is 4.92. The summed E-state index contributed by atoms with van der Waals surface area (Å²) in [5, 5.41) is 12.5. The Morgan fingerprint density at radius 2 is 2.24 bits per heavy atom. The van der Waals surface area contributed by atoms with Gasteiger partial charge in [0.1, 0.15) is 0 Å². The lowest BCUT2D eigenvalue weighted by Crippen LogP contribution is -2.03. The zero-order chi connectivity index (χ0) is 13.0. The normalized spacial score (nSPS) is 11.4. The average Bonchev–Trinajstić information content (AvgIpc) is 2.25. The quantitative estimate of drug-likeness (QED) is 0.829. The van der Waals surface area contributed by atoms with Crippen LogP contribution in [-0.2, 0) is 4.79 Å². The van der Waals surface area contributed by atoms with E-state index in [1.54, 1.807) is 13.0 Å². The Bertz CT molecular complexity index is 472. The molecule has 17 heavy (non-hydrogen) atoms. The molecule has 2 N–H and O–H groups in total. The van der Waals surface area contributed by atoms with Crippen LogP contribution in [0.4, 0.5) is 5.69 Å². The lowest BCUT2D eigenvalue weighted by atomic mass is 10.2. The van der Waals surface area contributed by atoms with Gasteiger partial charge in [0, 0.05) is 21.6 Å². The fourth-order valence-electron chi connectivity index (χ4n) is 1.18. The van der Waals surface area contributed by atoms with Crippen molar-refractivity contribution in [2.45, 2.75) is 13.8 Å². The van der Waals surface area contributed by atoms with E-state index in [0.717, 1.165) is 15.7 Å². The van der Waals surface area contributed by atoms with E-state index in [9.17, 15) is 4.79 Å². The van der Waals surface area contributed by atoms with E-state index in [1.807, 2.05) is 19.1 Å². The molecule has 1 aromatic carbocycles. The van der Waals surface area contributed by atoms with Gasteiger partial charge in [0.25, 0.3) is 0 Å². The van der Waals surface area contributed by atoms with Crippen LogP contribution in [0.2, 0.25) is 5.02 Å². The number of benzene rings is 1. The lowest BCUT2D eigenvalue weighted by Gasteiger charge is -2.09. The fourth-order valence-corrected chi connectivity index (χ4v) is 1.94. The number of carbonyl (C=O) groups is 1. The third-order valence-electron chi connectivity index (χ3n) is 2.29. The number of aliphatic carboxylic acids is 1. The molecule has 0 unspecified atom stereocenters. The number of hydrogen-bond acceptors (Lipinski definition) is 2. The Hall–Kier alpha value is -1.00. The van der Waals surface area contributed by atoms with Crippen molar-refractivity contribution in [1.29, 1.82) is 0 Å². The van der Waals surface area contributed by atoms with Crippen LogP contribution >= 0.6 is 27.5 Å². The molecule has 0 saturated heterocycles. The average molecular weight is 319 g/mol. The van der Waals surface area contributed by atoms with Gasteiger partial charge in [-0.3, -0.25) is 0 Å². The second kappa shape index (κ2) is 6.07. The standard InChI is InChI=1S/C12H13BrClNO2/c1-7(12(16)17)3-4-15-11-6-10(14)8(2)5-9(11)13/h3,5-6,15H,4H2,1-2H3,(H,16,17)/b7-3-. The van der Waals surface area contributed by atoms with Gasteiger partial charge in [-0.15, -0.1) is 0 Å². The van der Waals surface area contributed by atoms with Gasteiger partial charge >= 0.3 is 5.97 Å². The minimum absolute atomic E-state index is 0.312. The van der Waals surface area contributed by atoms with Crippen LogP contribution in [0.3, 0.4) is 0 Å². The molecule has 0 amide bonds. The van der Waals surface area contributed by atoms with E-state index in [2.05, 4.69) is 21.2 Å². The Kier molecular flexibility index (Phi) is 5.02. The highest BCUT2D eigenvalue weighted by atomic mass is 79.9. The first-order chi connectivity index (χ1) is 7.91. The third kappa shape index (κ3) is 4.06. The second-order valence-electron chi connectivity index (χ2n) is 3.65. The number of aryl methyl sites for hydroxylation is 1. The van der Waals surface area contributed by atoms with Gasteiger partial charge in [-0.1, -0.05) is 17.7 Å². The van der Waals surface area contributed by atoms with Crippen LogP contribution in [0.5, 0.6) is 0 Å². The van der Waals surface area contributed by atoms with E-state index in [4.69, 9.17) is 16.7 Å². The van der Waals surface area contributed by atoms with Crippen molar-refractivity contribution in [1.82, 2.24) is 0 Å². The molecule has 0 fully saturated rings. The van der Waals surface area contributed by atoms with Crippen molar-refractivity contribution >= 4 is 39.2 Å². The zero-order valence-electron chi connectivity index (χ0n) is 9.55. The number of carboxylic acids is 1. The Labute approximate surface area is 114 Å². The van der Waals surface area contributed by atoms with E-state index < -0.39 is 5.97 Å². The maximum absolute atomic E-state index is 10.6. The van der Waals surface area contributed by atoms with Gasteiger partial charge in [-0.25, -0.2) is 4.79 Å². The van der Waals surface area contributed by atoms with Crippen LogP contribution in [0.1, 0.15) is 12.5 Å². The van der Waals surface area contributed by atoms with Crippen molar-refractivity contribution in [3.8, 4) is 0 Å². The largest absolute Gasteiger partial charge is 0.478 e. The molecular weight excluding hydrogens is 305 g/mol. The summed E-state index contributed by atoms with van der Waals surface area (Å²) >= 11 is 9.43. The third-order valence-corrected chi connectivity index (χ3v) is 3.35. The predicted octanol–water partition coefficient (Wildman–Crippen LogP) is 3.85. The Morgan fingerprint density at radius 1 is 1.59 bits per heavy atom. The summed E-state index contributed by atoms with van der Waals surface area (Å²) in [4.78, 5) is 10.6. The fraction of sp³-hybridized carbons (Fsp3) is 0.250. The molecule has 3 nitrogen and oxygen atoms in total. The number of carboxylic acid groups (broad SMARTS) is 1. The van der Waals surface area contributed by atoms with E-state index >= 15 is 0 Å². The molecule has 1 aromatic rings. The number of anilines is 1. The van der Waals surface area contributed by atoms with Crippen molar-refractivity contribution < 1.29 is 9.90 Å². The molecule has 5 heteroatoms. The van der Waals surface area contributed by atoms with Gasteiger partial charge < -0.3 is 10.4 Å². The van der Waals surface area contributed by atoms with Crippen LogP contribution in [-0.4, -0.2) is 17.6 Å². The molecule has 92 valence electrons. The van der Waals surface area contributed by atoms with Gasteiger partial charge in [0.05, 0.1) is 5.69 Å². The molecule has 0 aliphatic carbocycles. The van der Waals surface area contributed by atoms with Gasteiger partial charge in [0.2, 0.25) is 0 Å². The van der Waals surface area contributed by atoms with E-state index in [1.165, 1.54) is 0 Å². The molecule has 0 saturated carbocycles.